The first-order valence-electron chi connectivity index (χ1n) is 11.0. The summed E-state index contributed by atoms with van der Waals surface area (Å²) in [7, 11) is 1.86. The quantitative estimate of drug-likeness (QED) is 0.256. The first kappa shape index (κ1) is 24.2. The maximum absolute atomic E-state index is 12.5. The molecule has 1 fully saturated rings. The second kappa shape index (κ2) is 11.0. The van der Waals surface area contributed by atoms with Crippen LogP contribution in [-0.2, 0) is 23.1 Å². The average Bonchev–Trinajstić information content (AvgIpc) is 3.56. The molecule has 1 aromatic carbocycles. The fourth-order valence-corrected chi connectivity index (χ4v) is 4.50. The molecule has 3 N–H and O–H groups in total. The summed E-state index contributed by atoms with van der Waals surface area (Å²) < 4.78 is 9.52. The second-order valence-corrected chi connectivity index (χ2v) is 9.51. The van der Waals surface area contributed by atoms with E-state index in [-0.39, 0.29) is 17.8 Å². The lowest BCUT2D eigenvalue weighted by Crippen LogP contribution is -2.44. The highest BCUT2D eigenvalue weighted by atomic mass is 32.2. The van der Waals surface area contributed by atoms with Crippen molar-refractivity contribution in [1.82, 2.24) is 35.4 Å². The van der Waals surface area contributed by atoms with Crippen molar-refractivity contribution in [2.24, 2.45) is 7.05 Å². The molecule has 2 aromatic heterocycles. The molecule has 1 saturated heterocycles. The molecule has 1 atom stereocenters. The van der Waals surface area contributed by atoms with Crippen molar-refractivity contribution in [3.63, 3.8) is 0 Å². The summed E-state index contributed by atoms with van der Waals surface area (Å²) in [6, 6.07) is 7.94. The number of carbonyl (C=O) groups excluding carboxylic acids is 1. The molecule has 0 bridgehead atoms. The topological polar surface area (TPSA) is 111 Å². The van der Waals surface area contributed by atoms with Gasteiger partial charge in [-0.2, -0.15) is 5.10 Å². The lowest BCUT2D eigenvalue weighted by Gasteiger charge is -2.15. The molecule has 0 saturated carbocycles. The van der Waals surface area contributed by atoms with E-state index in [2.05, 4.69) is 31.5 Å². The van der Waals surface area contributed by atoms with E-state index in [1.807, 2.05) is 55.9 Å². The van der Waals surface area contributed by atoms with Gasteiger partial charge in [-0.1, -0.05) is 23.9 Å². The van der Waals surface area contributed by atoms with E-state index in [0.717, 1.165) is 42.0 Å². The fraction of sp³-hybridized carbons (Fsp3) is 0.409. The van der Waals surface area contributed by atoms with Crippen LogP contribution in [0.5, 0.6) is 0 Å². The van der Waals surface area contributed by atoms with Crippen LogP contribution in [0.15, 0.2) is 35.6 Å². The number of hydrazine groups is 1. The van der Waals surface area contributed by atoms with Gasteiger partial charge in [0.15, 0.2) is 16.1 Å². The molecule has 12 heteroatoms. The van der Waals surface area contributed by atoms with Crippen molar-refractivity contribution in [1.29, 1.82) is 0 Å². The Morgan fingerprint density at radius 3 is 2.85 bits per heavy atom. The van der Waals surface area contributed by atoms with Crippen molar-refractivity contribution >= 4 is 40.7 Å². The summed E-state index contributed by atoms with van der Waals surface area (Å²) in [4.78, 5) is 12.5. The molecule has 1 unspecified atom stereocenters. The predicted octanol–water partition coefficient (Wildman–Crippen LogP) is 2.58. The largest absolute Gasteiger partial charge is 0.376 e. The van der Waals surface area contributed by atoms with Gasteiger partial charge in [0, 0.05) is 25.5 Å². The van der Waals surface area contributed by atoms with Crippen molar-refractivity contribution < 1.29 is 9.53 Å². The van der Waals surface area contributed by atoms with E-state index in [1.165, 1.54) is 11.8 Å². The molecule has 1 aliphatic rings. The van der Waals surface area contributed by atoms with E-state index in [9.17, 15) is 4.79 Å². The zero-order chi connectivity index (χ0) is 24.1. The first-order valence-corrected chi connectivity index (χ1v) is 12.4. The van der Waals surface area contributed by atoms with E-state index in [4.69, 9.17) is 17.0 Å². The Hall–Kier alpha value is -2.96. The van der Waals surface area contributed by atoms with Crippen LogP contribution in [0, 0.1) is 13.8 Å². The van der Waals surface area contributed by atoms with Crippen LogP contribution in [0.2, 0.25) is 0 Å². The molecule has 0 radical (unpaired) electrons. The Balaban J connectivity index is 1.35. The number of benzene rings is 1. The summed E-state index contributed by atoms with van der Waals surface area (Å²) in [5, 5.41) is 17.2. The van der Waals surface area contributed by atoms with Crippen LogP contribution in [0.25, 0.3) is 11.5 Å². The minimum Gasteiger partial charge on any atom is -0.376 e. The number of aromatic nitrogens is 5. The fourth-order valence-electron chi connectivity index (χ4n) is 3.59. The molecule has 1 amide bonds. The van der Waals surface area contributed by atoms with Gasteiger partial charge in [0.2, 0.25) is 5.91 Å². The summed E-state index contributed by atoms with van der Waals surface area (Å²) in [6.45, 7) is 5.38. The number of anilines is 1. The zero-order valence-corrected chi connectivity index (χ0v) is 21.0. The third-order valence-electron chi connectivity index (χ3n) is 5.36. The summed E-state index contributed by atoms with van der Waals surface area (Å²) in [5.74, 6) is 0.572. The third-order valence-corrected chi connectivity index (χ3v) is 6.53. The molecule has 34 heavy (non-hydrogen) atoms. The minimum atomic E-state index is -0.235. The highest BCUT2D eigenvalue weighted by molar-refractivity contribution is 7.99. The van der Waals surface area contributed by atoms with Gasteiger partial charge < -0.3 is 10.1 Å². The maximum atomic E-state index is 12.5. The molecule has 4 rings (SSSR count). The van der Waals surface area contributed by atoms with Gasteiger partial charge in [-0.3, -0.25) is 24.9 Å². The van der Waals surface area contributed by atoms with E-state index < -0.39 is 0 Å². The van der Waals surface area contributed by atoms with Gasteiger partial charge in [0.05, 0.1) is 18.4 Å². The van der Waals surface area contributed by atoms with Gasteiger partial charge in [0.25, 0.3) is 0 Å². The van der Waals surface area contributed by atoms with Crippen molar-refractivity contribution in [3.05, 3.63) is 41.6 Å². The van der Waals surface area contributed by atoms with Gasteiger partial charge in [-0.15, -0.1) is 10.2 Å². The number of nitrogens with one attached hydrogen (secondary N) is 3. The highest BCUT2D eigenvalue weighted by Crippen LogP contribution is 2.25. The van der Waals surface area contributed by atoms with Crippen molar-refractivity contribution in [2.75, 3.05) is 17.7 Å². The zero-order valence-electron chi connectivity index (χ0n) is 19.4. The Labute approximate surface area is 207 Å². The Morgan fingerprint density at radius 1 is 1.26 bits per heavy atom. The van der Waals surface area contributed by atoms with E-state index in [1.54, 1.807) is 4.68 Å². The lowest BCUT2D eigenvalue weighted by atomic mass is 10.1. The highest BCUT2D eigenvalue weighted by Gasteiger charge is 2.23. The number of rotatable bonds is 7. The van der Waals surface area contributed by atoms with Crippen molar-refractivity contribution in [2.45, 2.75) is 44.5 Å². The predicted molar refractivity (Wildman–Crippen MR) is 135 cm³/mol. The number of nitrogens with zero attached hydrogens (tertiary/aromatic N) is 5. The number of carbonyl (C=O) groups is 1. The van der Waals surface area contributed by atoms with Gasteiger partial charge in [-0.05, 0) is 62.2 Å². The molecular weight excluding hydrogens is 472 g/mol. The summed E-state index contributed by atoms with van der Waals surface area (Å²) >= 11 is 6.61. The Bertz CT molecular complexity index is 1170. The van der Waals surface area contributed by atoms with E-state index >= 15 is 0 Å². The van der Waals surface area contributed by atoms with Gasteiger partial charge in [0.1, 0.15) is 5.69 Å². The SMILES string of the molecule is Cc1ccc(C)c(NC(=S)NNC(=O)CSc2nnc(-c3ccn(C)n3)n2CC2CCCO2)c1. The van der Waals surface area contributed by atoms with Gasteiger partial charge in [-0.25, -0.2) is 0 Å². The summed E-state index contributed by atoms with van der Waals surface area (Å²) in [5.41, 5.74) is 9.19. The average molecular weight is 501 g/mol. The second-order valence-electron chi connectivity index (χ2n) is 8.16. The number of ether oxygens (including phenoxy) is 1. The number of thioether (sulfide) groups is 1. The molecule has 180 valence electrons. The lowest BCUT2D eigenvalue weighted by molar-refractivity contribution is -0.119. The third kappa shape index (κ3) is 6.13. The number of hydrogen-bond donors (Lipinski definition) is 3. The van der Waals surface area contributed by atoms with Crippen molar-refractivity contribution in [3.8, 4) is 11.5 Å². The standard InChI is InChI=1S/C22H28N8O2S2/c1-14-6-7-15(2)18(11-14)23-21(33)26-24-19(31)13-34-22-27-25-20(17-8-9-29(3)28-17)30(22)12-16-5-4-10-32-16/h6-9,11,16H,4-5,10,12-13H2,1-3H3,(H,24,31)(H2,23,26,33). The molecular formula is C22H28N8O2S2. The molecule has 3 aromatic rings. The first-order chi connectivity index (χ1) is 16.4. The van der Waals surface area contributed by atoms with Crippen LogP contribution < -0.4 is 16.2 Å². The molecule has 10 nitrogen and oxygen atoms in total. The van der Waals surface area contributed by atoms with Crippen LogP contribution in [0.4, 0.5) is 5.69 Å². The van der Waals surface area contributed by atoms with Gasteiger partial charge >= 0.3 is 0 Å². The van der Waals surface area contributed by atoms with E-state index in [0.29, 0.717) is 22.6 Å². The normalized spacial score (nSPS) is 15.3. The maximum Gasteiger partial charge on any atom is 0.248 e. The monoisotopic (exact) mass is 500 g/mol. The molecule has 0 spiro atoms. The number of aryl methyl sites for hydroxylation is 3. The van der Waals surface area contributed by atoms with Crippen LogP contribution >= 0.6 is 24.0 Å². The number of hydrogen-bond acceptors (Lipinski definition) is 7. The van der Waals surface area contributed by atoms with Crippen LogP contribution in [0.3, 0.4) is 0 Å². The molecule has 1 aliphatic heterocycles. The summed E-state index contributed by atoms with van der Waals surface area (Å²) in [6.07, 6.45) is 3.99. The molecule has 3 heterocycles. The molecule has 0 aliphatic carbocycles. The Kier molecular flexibility index (Phi) is 7.80. The van der Waals surface area contributed by atoms with Crippen LogP contribution in [0.1, 0.15) is 24.0 Å². The number of amides is 1. The Morgan fingerprint density at radius 2 is 2.12 bits per heavy atom. The minimum absolute atomic E-state index is 0.0989. The number of thiocarbonyl (C=S) groups is 1. The smallest absolute Gasteiger partial charge is 0.248 e. The van der Waals surface area contributed by atoms with Crippen LogP contribution in [-0.4, -0.2) is 54.0 Å².